The molecule has 3 nitrogen and oxygen atoms in total. The van der Waals surface area contributed by atoms with E-state index in [0.717, 1.165) is 33.8 Å². The molecule has 36 heavy (non-hydrogen) atoms. The number of alkyl halides is 1. The van der Waals surface area contributed by atoms with Crippen LogP contribution in [-0.2, 0) is 30.1 Å². The van der Waals surface area contributed by atoms with E-state index in [2.05, 4.69) is 77.9 Å². The highest BCUT2D eigenvalue weighted by Crippen LogP contribution is 2.43. The van der Waals surface area contributed by atoms with Crippen molar-refractivity contribution < 1.29 is 13.9 Å². The van der Waals surface area contributed by atoms with E-state index < -0.39 is 8.32 Å². The third kappa shape index (κ3) is 6.93. The highest BCUT2D eigenvalue weighted by Gasteiger charge is 2.45. The molecule has 0 aromatic heterocycles. The van der Waals surface area contributed by atoms with Gasteiger partial charge in [0, 0.05) is 0 Å². The Morgan fingerprint density at radius 2 is 1.03 bits per heavy atom. The van der Waals surface area contributed by atoms with Crippen LogP contribution in [0.1, 0.15) is 63.8 Å². The van der Waals surface area contributed by atoms with Crippen molar-refractivity contribution in [2.24, 2.45) is 0 Å². The Morgan fingerprint density at radius 3 is 1.39 bits per heavy atom. The summed E-state index contributed by atoms with van der Waals surface area (Å²) in [7, 11) is -2.02. The molecule has 0 aliphatic heterocycles. The lowest BCUT2D eigenvalue weighted by atomic mass is 10.1. The lowest BCUT2D eigenvalue weighted by Gasteiger charge is -2.42. The van der Waals surface area contributed by atoms with E-state index in [9.17, 15) is 0 Å². The first kappa shape index (κ1) is 28.3. The molecule has 3 aromatic rings. The molecule has 0 atom stereocenters. The molecule has 194 valence electrons. The molecule has 0 radical (unpaired) electrons. The minimum Gasteiger partial charge on any atom is -0.488 e. The number of rotatable bonds is 13. The topological polar surface area (TPSA) is 27.7 Å². The first-order chi connectivity index (χ1) is 17.3. The maximum absolute atomic E-state index is 6.90. The third-order valence-corrected chi connectivity index (χ3v) is 13.4. The van der Waals surface area contributed by atoms with Crippen molar-refractivity contribution in [3.05, 3.63) is 95.1 Å². The summed E-state index contributed by atoms with van der Waals surface area (Å²) in [5.41, 5.74) is 5.68. The first-order valence-corrected chi connectivity index (χ1v) is 15.6. The van der Waals surface area contributed by atoms with Crippen molar-refractivity contribution in [2.75, 3.05) is 0 Å². The molecule has 0 bridgehead atoms. The predicted octanol–water partition coefficient (Wildman–Crippen LogP) is 9.28. The van der Waals surface area contributed by atoms with Gasteiger partial charge in [0.25, 0.3) is 0 Å². The zero-order valence-corrected chi connectivity index (χ0v) is 24.3. The predicted molar refractivity (Wildman–Crippen MR) is 153 cm³/mol. The van der Waals surface area contributed by atoms with Crippen LogP contribution in [0.2, 0.25) is 16.6 Å². The monoisotopic (exact) mass is 524 g/mol. The second-order valence-corrected chi connectivity index (χ2v) is 16.1. The van der Waals surface area contributed by atoms with Crippen LogP contribution < -0.4 is 9.47 Å². The molecule has 0 saturated carbocycles. The smallest absolute Gasteiger partial charge is 0.200 e. The number of hydrogen-bond donors (Lipinski definition) is 0. The van der Waals surface area contributed by atoms with Gasteiger partial charge in [0.05, 0.1) is 18.1 Å². The van der Waals surface area contributed by atoms with Gasteiger partial charge in [0.2, 0.25) is 8.32 Å². The summed E-state index contributed by atoms with van der Waals surface area (Å²) < 4.78 is 19.5. The first-order valence-electron chi connectivity index (χ1n) is 13.0. The zero-order chi connectivity index (χ0) is 26.1. The van der Waals surface area contributed by atoms with Crippen LogP contribution in [0.5, 0.6) is 11.5 Å². The fourth-order valence-electron chi connectivity index (χ4n) is 5.33. The molecule has 0 amide bonds. The van der Waals surface area contributed by atoms with Crippen molar-refractivity contribution in [1.82, 2.24) is 0 Å². The summed E-state index contributed by atoms with van der Waals surface area (Å²) in [4.78, 5) is 0. The molecule has 3 aromatic carbocycles. The molecule has 0 aliphatic carbocycles. The van der Waals surface area contributed by atoms with Crippen LogP contribution in [0, 0.1) is 0 Å². The fourth-order valence-corrected chi connectivity index (χ4v) is 11.0. The van der Waals surface area contributed by atoms with Gasteiger partial charge in [-0.05, 0) is 45.4 Å². The van der Waals surface area contributed by atoms with Crippen LogP contribution in [-0.4, -0.2) is 8.32 Å². The van der Waals surface area contributed by atoms with Crippen molar-refractivity contribution in [3.63, 3.8) is 0 Å². The van der Waals surface area contributed by atoms with E-state index in [0.29, 0.717) is 42.3 Å². The number of benzene rings is 3. The van der Waals surface area contributed by atoms with E-state index in [4.69, 9.17) is 25.5 Å². The highest BCUT2D eigenvalue weighted by atomic mass is 35.5. The summed E-state index contributed by atoms with van der Waals surface area (Å²) in [6.07, 6.45) is 0. The van der Waals surface area contributed by atoms with Crippen LogP contribution in [0.25, 0.3) is 0 Å². The normalized spacial score (nSPS) is 11.9. The zero-order valence-electron chi connectivity index (χ0n) is 22.6. The van der Waals surface area contributed by atoms with Gasteiger partial charge in [-0.1, -0.05) is 102 Å². The van der Waals surface area contributed by atoms with Crippen LogP contribution >= 0.6 is 11.6 Å². The maximum Gasteiger partial charge on any atom is 0.200 e. The molecule has 0 N–H and O–H groups in total. The average Bonchev–Trinajstić information content (AvgIpc) is 2.87. The molecule has 0 unspecified atom stereocenters. The number of ether oxygens (including phenoxy) is 2. The van der Waals surface area contributed by atoms with Crippen molar-refractivity contribution >= 4 is 19.9 Å². The minimum absolute atomic E-state index is 0.304. The lowest BCUT2D eigenvalue weighted by Crippen LogP contribution is -2.47. The van der Waals surface area contributed by atoms with Gasteiger partial charge in [-0.3, -0.25) is 0 Å². The Kier molecular flexibility index (Phi) is 10.5. The van der Waals surface area contributed by atoms with Gasteiger partial charge < -0.3 is 13.9 Å². The molecule has 5 heteroatoms. The fraction of sp³-hybridized carbons (Fsp3) is 0.419. The number of hydrogen-bond acceptors (Lipinski definition) is 3. The Balaban J connectivity index is 1.92. The molecule has 0 fully saturated rings. The second kappa shape index (κ2) is 13.3. The Hall–Kier alpha value is -2.27. The summed E-state index contributed by atoms with van der Waals surface area (Å²) in [5, 5.41) is 0. The van der Waals surface area contributed by atoms with Gasteiger partial charge in [0.1, 0.15) is 24.7 Å². The van der Waals surface area contributed by atoms with Crippen molar-refractivity contribution in [3.8, 4) is 11.5 Å². The Morgan fingerprint density at radius 1 is 0.611 bits per heavy atom. The van der Waals surface area contributed by atoms with Gasteiger partial charge in [-0.2, -0.15) is 0 Å². The largest absolute Gasteiger partial charge is 0.488 e. The molecule has 0 saturated heterocycles. The van der Waals surface area contributed by atoms with Gasteiger partial charge in [-0.15, -0.1) is 11.6 Å². The summed E-state index contributed by atoms with van der Waals surface area (Å²) in [6, 6.07) is 24.5. The van der Waals surface area contributed by atoms with Crippen LogP contribution in [0.15, 0.2) is 72.8 Å². The standard InChI is InChI=1S/C31H41ClO3Si/c1-23(2)36(24(3)4,25(5)6)35-22-28-17-30(33-20-26-13-9-7-10-14-26)29(19-32)31(18-28)34-21-27-15-11-8-12-16-27/h7-18,23-25H,19-22H2,1-6H3. The summed E-state index contributed by atoms with van der Waals surface area (Å²) in [5.74, 6) is 1.81. The number of halogens is 1. The molecular formula is C31H41ClO3Si. The maximum atomic E-state index is 6.90. The second-order valence-electron chi connectivity index (χ2n) is 10.4. The quantitative estimate of drug-likeness (QED) is 0.165. The molecule has 3 rings (SSSR count). The molecular weight excluding hydrogens is 484 g/mol. The van der Waals surface area contributed by atoms with Crippen LogP contribution in [0.4, 0.5) is 0 Å². The average molecular weight is 525 g/mol. The summed E-state index contributed by atoms with van der Waals surface area (Å²) in [6.45, 7) is 15.3. The minimum atomic E-state index is -2.02. The van der Waals surface area contributed by atoms with E-state index >= 15 is 0 Å². The molecule has 0 spiro atoms. The molecule has 0 heterocycles. The van der Waals surface area contributed by atoms with Crippen LogP contribution in [0.3, 0.4) is 0 Å². The van der Waals surface area contributed by atoms with E-state index in [-0.39, 0.29) is 0 Å². The van der Waals surface area contributed by atoms with Gasteiger partial charge >= 0.3 is 0 Å². The Bertz CT molecular complexity index is 981. The molecule has 0 aliphatic rings. The van der Waals surface area contributed by atoms with E-state index in [1.54, 1.807) is 0 Å². The SMILES string of the molecule is CC(C)[Si](OCc1cc(OCc2ccccc2)c(CCl)c(OCc2ccccc2)c1)(C(C)C)C(C)C. The van der Waals surface area contributed by atoms with E-state index in [1.165, 1.54) is 0 Å². The van der Waals surface area contributed by atoms with E-state index in [1.807, 2.05) is 36.4 Å². The lowest BCUT2D eigenvalue weighted by molar-refractivity contribution is 0.259. The van der Waals surface area contributed by atoms with Crippen molar-refractivity contribution in [2.45, 2.75) is 83.9 Å². The third-order valence-electron chi connectivity index (χ3n) is 7.03. The summed E-state index contributed by atoms with van der Waals surface area (Å²) >= 11 is 6.44. The van der Waals surface area contributed by atoms with Crippen molar-refractivity contribution in [1.29, 1.82) is 0 Å². The Labute approximate surface area is 223 Å². The van der Waals surface area contributed by atoms with Gasteiger partial charge in [-0.25, -0.2) is 0 Å². The highest BCUT2D eigenvalue weighted by molar-refractivity contribution is 6.77. The van der Waals surface area contributed by atoms with Gasteiger partial charge in [0.15, 0.2) is 0 Å².